The summed E-state index contributed by atoms with van der Waals surface area (Å²) in [4.78, 5) is 17.4. The molecule has 1 heterocycles. The second kappa shape index (κ2) is 5.42. The van der Waals surface area contributed by atoms with Gasteiger partial charge in [0.1, 0.15) is 5.69 Å². The molecule has 100 valence electrons. The third-order valence-corrected chi connectivity index (χ3v) is 2.83. The minimum Gasteiger partial charge on any atom is -0.363 e. The number of aryl methyl sites for hydroxylation is 1. The molecular weight excluding hydrogens is 286 g/mol. The average molecular weight is 296 g/mol. The van der Waals surface area contributed by atoms with Crippen LogP contribution in [0.25, 0.3) is 0 Å². The van der Waals surface area contributed by atoms with Crippen LogP contribution in [0.5, 0.6) is 0 Å². The zero-order chi connectivity index (χ0) is 13.9. The quantitative estimate of drug-likeness (QED) is 0.444. The van der Waals surface area contributed by atoms with Gasteiger partial charge in [-0.25, -0.2) is 18.5 Å². The first-order chi connectivity index (χ1) is 8.20. The van der Waals surface area contributed by atoms with Gasteiger partial charge in [0, 0.05) is 6.54 Å². The molecule has 18 heavy (non-hydrogen) atoms. The van der Waals surface area contributed by atoms with Crippen molar-refractivity contribution in [3.63, 3.8) is 0 Å². The maximum Gasteiger partial charge on any atom is 0.332 e. The predicted octanol–water partition coefficient (Wildman–Crippen LogP) is 0.0470. The van der Waals surface area contributed by atoms with Crippen molar-refractivity contribution in [3.8, 4) is 0 Å². The molecular formula is C7H10ClN5O4S. The Hall–Kier alpha value is -1.52. The van der Waals surface area contributed by atoms with E-state index in [1.54, 1.807) is 0 Å². The smallest absolute Gasteiger partial charge is 0.332 e. The topological polar surface area (TPSA) is 141 Å². The van der Waals surface area contributed by atoms with Crippen LogP contribution in [-0.4, -0.2) is 35.6 Å². The summed E-state index contributed by atoms with van der Waals surface area (Å²) in [5.41, 5.74) is -0.271. The van der Waals surface area contributed by atoms with Crippen molar-refractivity contribution in [2.75, 3.05) is 17.6 Å². The van der Waals surface area contributed by atoms with E-state index in [1.165, 1.54) is 6.92 Å². The van der Waals surface area contributed by atoms with Gasteiger partial charge in [0.2, 0.25) is 21.1 Å². The highest BCUT2D eigenvalue weighted by atomic mass is 35.5. The fourth-order valence-electron chi connectivity index (χ4n) is 1.19. The largest absolute Gasteiger partial charge is 0.363 e. The van der Waals surface area contributed by atoms with E-state index in [2.05, 4.69) is 15.3 Å². The number of nitro groups is 1. The Labute approximate surface area is 108 Å². The van der Waals surface area contributed by atoms with Crippen LogP contribution in [-0.2, 0) is 10.0 Å². The van der Waals surface area contributed by atoms with Crippen LogP contribution in [0.1, 0.15) is 5.69 Å². The van der Waals surface area contributed by atoms with Crippen LogP contribution < -0.4 is 10.5 Å². The van der Waals surface area contributed by atoms with Crippen molar-refractivity contribution in [3.05, 3.63) is 21.1 Å². The number of nitrogens with two attached hydrogens (primary N) is 1. The first-order valence-electron chi connectivity index (χ1n) is 4.63. The third kappa shape index (κ3) is 4.05. The normalized spacial score (nSPS) is 11.3. The fourth-order valence-corrected chi connectivity index (χ4v) is 1.78. The Kier molecular flexibility index (Phi) is 4.38. The van der Waals surface area contributed by atoms with Crippen LogP contribution in [0.3, 0.4) is 0 Å². The van der Waals surface area contributed by atoms with Gasteiger partial charge in [0.15, 0.2) is 0 Å². The molecule has 0 unspecified atom stereocenters. The second-order valence-electron chi connectivity index (χ2n) is 3.33. The van der Waals surface area contributed by atoms with E-state index in [1.807, 2.05) is 0 Å². The van der Waals surface area contributed by atoms with Gasteiger partial charge in [-0.3, -0.25) is 10.1 Å². The second-order valence-corrected chi connectivity index (χ2v) is 5.40. The Morgan fingerprint density at radius 2 is 2.11 bits per heavy atom. The molecule has 9 nitrogen and oxygen atoms in total. The van der Waals surface area contributed by atoms with Crippen LogP contribution in [0.4, 0.5) is 11.5 Å². The maximum absolute atomic E-state index is 10.8. The highest BCUT2D eigenvalue weighted by molar-refractivity contribution is 7.89. The van der Waals surface area contributed by atoms with Crippen LogP contribution in [0.2, 0.25) is 5.28 Å². The first kappa shape index (κ1) is 14.5. The number of sulfonamides is 1. The standard InChI is InChI=1S/C7H10ClN5O4S/c1-4-5(13(14)15)6(12-7(8)11-4)10-2-3-18(9,16)17/h2-3H2,1H3,(H2,9,16,17)(H,10,11,12). The third-order valence-electron chi connectivity index (χ3n) is 1.89. The van der Waals surface area contributed by atoms with E-state index in [4.69, 9.17) is 16.7 Å². The fraction of sp³-hybridized carbons (Fsp3) is 0.429. The highest BCUT2D eigenvalue weighted by Gasteiger charge is 2.21. The van der Waals surface area contributed by atoms with E-state index < -0.39 is 14.9 Å². The van der Waals surface area contributed by atoms with Gasteiger partial charge in [-0.1, -0.05) is 0 Å². The number of nitrogens with zero attached hydrogens (tertiary/aromatic N) is 3. The van der Waals surface area contributed by atoms with E-state index in [9.17, 15) is 18.5 Å². The molecule has 0 saturated carbocycles. The number of nitrogens with one attached hydrogen (secondary N) is 1. The van der Waals surface area contributed by atoms with Crippen LogP contribution in [0, 0.1) is 17.0 Å². The number of anilines is 1. The van der Waals surface area contributed by atoms with Crippen LogP contribution in [0.15, 0.2) is 0 Å². The van der Waals surface area contributed by atoms with Crippen molar-refractivity contribution >= 4 is 33.1 Å². The molecule has 0 aromatic carbocycles. The summed E-state index contributed by atoms with van der Waals surface area (Å²) in [6, 6.07) is 0. The van der Waals surface area contributed by atoms with Gasteiger partial charge in [-0.05, 0) is 18.5 Å². The number of hydrogen-bond acceptors (Lipinski definition) is 7. The number of halogens is 1. The molecule has 0 atom stereocenters. The van der Waals surface area contributed by atoms with Crippen LogP contribution >= 0.6 is 11.6 Å². The number of aromatic nitrogens is 2. The summed E-state index contributed by atoms with van der Waals surface area (Å²) in [5, 5.41) is 17.9. The van der Waals surface area contributed by atoms with Gasteiger partial charge < -0.3 is 5.32 Å². The summed E-state index contributed by atoms with van der Waals surface area (Å²) in [7, 11) is -3.66. The zero-order valence-electron chi connectivity index (χ0n) is 9.25. The molecule has 0 amide bonds. The summed E-state index contributed by atoms with van der Waals surface area (Å²) >= 11 is 5.57. The van der Waals surface area contributed by atoms with E-state index in [0.29, 0.717) is 0 Å². The monoisotopic (exact) mass is 295 g/mol. The number of primary sulfonamides is 1. The molecule has 0 aliphatic carbocycles. The molecule has 3 N–H and O–H groups in total. The lowest BCUT2D eigenvalue weighted by atomic mass is 10.3. The summed E-state index contributed by atoms with van der Waals surface area (Å²) in [6.45, 7) is 1.28. The molecule has 0 saturated heterocycles. The van der Waals surface area contributed by atoms with Crippen molar-refractivity contribution in [2.45, 2.75) is 6.92 Å². The molecule has 11 heteroatoms. The van der Waals surface area contributed by atoms with Gasteiger partial charge in [-0.2, -0.15) is 4.98 Å². The molecule has 1 aromatic rings. The minimum absolute atomic E-state index is 0.0816. The lowest BCUT2D eigenvalue weighted by Gasteiger charge is -2.06. The molecule has 0 spiro atoms. The highest BCUT2D eigenvalue weighted by Crippen LogP contribution is 2.26. The van der Waals surface area contributed by atoms with Crippen molar-refractivity contribution in [2.24, 2.45) is 5.14 Å². The number of hydrogen-bond donors (Lipinski definition) is 2. The molecule has 0 aliphatic heterocycles. The van der Waals surface area contributed by atoms with E-state index >= 15 is 0 Å². The van der Waals surface area contributed by atoms with E-state index in [-0.39, 0.29) is 34.8 Å². The Morgan fingerprint density at radius 3 is 2.61 bits per heavy atom. The average Bonchev–Trinajstić information content (AvgIpc) is 2.13. The first-order valence-corrected chi connectivity index (χ1v) is 6.73. The minimum atomic E-state index is -3.66. The molecule has 1 aromatic heterocycles. The SMILES string of the molecule is Cc1nc(Cl)nc(NCCS(N)(=O)=O)c1[N+](=O)[O-]. The van der Waals surface area contributed by atoms with Gasteiger partial charge in [-0.15, -0.1) is 0 Å². The van der Waals surface area contributed by atoms with Gasteiger partial charge in [0.25, 0.3) is 0 Å². The van der Waals surface area contributed by atoms with Gasteiger partial charge >= 0.3 is 5.69 Å². The van der Waals surface area contributed by atoms with Crippen molar-refractivity contribution in [1.82, 2.24) is 9.97 Å². The van der Waals surface area contributed by atoms with E-state index in [0.717, 1.165) is 0 Å². The lowest BCUT2D eigenvalue weighted by Crippen LogP contribution is -2.23. The number of rotatable bonds is 5. The summed E-state index contributed by atoms with van der Waals surface area (Å²) < 4.78 is 21.4. The maximum atomic E-state index is 10.8. The molecule has 1 rings (SSSR count). The molecule has 0 fully saturated rings. The zero-order valence-corrected chi connectivity index (χ0v) is 10.8. The van der Waals surface area contributed by atoms with Crippen molar-refractivity contribution in [1.29, 1.82) is 0 Å². The summed E-state index contributed by atoms with van der Waals surface area (Å²) in [5.74, 6) is -0.522. The van der Waals surface area contributed by atoms with Gasteiger partial charge in [0.05, 0.1) is 10.7 Å². The Bertz CT molecular complexity index is 575. The Morgan fingerprint density at radius 1 is 1.50 bits per heavy atom. The molecule has 0 radical (unpaired) electrons. The van der Waals surface area contributed by atoms with Crippen molar-refractivity contribution < 1.29 is 13.3 Å². The Balaban J connectivity index is 2.97. The molecule has 0 aliphatic rings. The molecule has 0 bridgehead atoms. The predicted molar refractivity (Wildman–Crippen MR) is 64.9 cm³/mol. The summed E-state index contributed by atoms with van der Waals surface area (Å²) in [6.07, 6.45) is 0. The lowest BCUT2D eigenvalue weighted by molar-refractivity contribution is -0.385.